The molecule has 1 aromatic carbocycles. The third-order valence-electron chi connectivity index (χ3n) is 3.39. The average molecular weight is 232 g/mol. The summed E-state index contributed by atoms with van der Waals surface area (Å²) < 4.78 is 0. The zero-order valence-corrected chi connectivity index (χ0v) is 11.7. The Bertz CT molecular complexity index is 359. The molecule has 0 saturated carbocycles. The second-order valence-corrected chi connectivity index (χ2v) is 5.89. The minimum absolute atomic E-state index is 0.0289. The second-order valence-electron chi connectivity index (χ2n) is 5.89. The maximum absolute atomic E-state index is 12.6. The van der Waals surface area contributed by atoms with Crippen molar-refractivity contribution < 1.29 is 4.79 Å². The van der Waals surface area contributed by atoms with Gasteiger partial charge >= 0.3 is 0 Å². The molecule has 0 aromatic heterocycles. The summed E-state index contributed by atoms with van der Waals surface area (Å²) >= 11 is 0. The molecule has 1 rings (SSSR count). The van der Waals surface area contributed by atoms with E-state index in [-0.39, 0.29) is 11.3 Å². The van der Waals surface area contributed by atoms with Crippen LogP contribution in [0.5, 0.6) is 0 Å². The van der Waals surface area contributed by atoms with Crippen molar-refractivity contribution in [3.8, 4) is 0 Å². The van der Waals surface area contributed by atoms with Gasteiger partial charge < -0.3 is 0 Å². The van der Waals surface area contributed by atoms with Gasteiger partial charge in [-0.2, -0.15) is 0 Å². The van der Waals surface area contributed by atoms with E-state index in [1.165, 1.54) is 0 Å². The first-order valence-corrected chi connectivity index (χ1v) is 6.47. The summed E-state index contributed by atoms with van der Waals surface area (Å²) in [6, 6.07) is 10.2. The summed E-state index contributed by atoms with van der Waals surface area (Å²) in [7, 11) is 0. The van der Waals surface area contributed by atoms with Gasteiger partial charge in [-0.15, -0.1) is 0 Å². The summed E-state index contributed by atoms with van der Waals surface area (Å²) in [6.07, 6.45) is 1.03. The van der Waals surface area contributed by atoms with Gasteiger partial charge in [0.2, 0.25) is 0 Å². The molecular formula is C16H24O. The van der Waals surface area contributed by atoms with Crippen molar-refractivity contribution in [3.63, 3.8) is 0 Å². The van der Waals surface area contributed by atoms with Gasteiger partial charge in [0.25, 0.3) is 0 Å². The van der Waals surface area contributed by atoms with Crippen LogP contribution in [0.15, 0.2) is 30.3 Å². The highest BCUT2D eigenvalue weighted by molar-refractivity contribution is 5.90. The number of ketones is 1. The van der Waals surface area contributed by atoms with Crippen molar-refractivity contribution in [1.29, 1.82) is 0 Å². The predicted octanol–water partition coefficient (Wildman–Crippen LogP) is 4.43. The van der Waals surface area contributed by atoms with Crippen LogP contribution in [0.4, 0.5) is 0 Å². The highest BCUT2D eigenvalue weighted by Crippen LogP contribution is 2.34. The maximum atomic E-state index is 12.6. The van der Waals surface area contributed by atoms with Crippen LogP contribution in [-0.4, -0.2) is 5.78 Å². The maximum Gasteiger partial charge on any atom is 0.145 e. The third kappa shape index (κ3) is 3.42. The van der Waals surface area contributed by atoms with E-state index in [0.29, 0.717) is 11.7 Å². The molecule has 0 bridgehead atoms. The van der Waals surface area contributed by atoms with Crippen molar-refractivity contribution in [2.45, 2.75) is 47.0 Å². The Labute approximate surface area is 105 Å². The topological polar surface area (TPSA) is 17.1 Å². The summed E-state index contributed by atoms with van der Waals surface area (Å²) in [4.78, 5) is 12.6. The van der Waals surface area contributed by atoms with Gasteiger partial charge in [-0.05, 0) is 11.5 Å². The molecular weight excluding hydrogens is 208 g/mol. The number of carbonyl (C=O) groups excluding carboxylic acids is 1. The van der Waals surface area contributed by atoms with E-state index in [4.69, 9.17) is 0 Å². The van der Waals surface area contributed by atoms with Crippen LogP contribution in [0, 0.1) is 11.3 Å². The van der Waals surface area contributed by atoms with E-state index in [2.05, 4.69) is 26.0 Å². The lowest BCUT2D eigenvalue weighted by molar-refractivity contribution is -0.129. The van der Waals surface area contributed by atoms with E-state index in [1.54, 1.807) is 0 Å². The van der Waals surface area contributed by atoms with Crippen LogP contribution in [0.2, 0.25) is 0 Å². The van der Waals surface area contributed by atoms with Gasteiger partial charge in [0.15, 0.2) is 0 Å². The predicted molar refractivity (Wildman–Crippen MR) is 73.1 cm³/mol. The van der Waals surface area contributed by atoms with Crippen molar-refractivity contribution in [2.24, 2.45) is 11.3 Å². The van der Waals surface area contributed by atoms with Gasteiger partial charge in [-0.3, -0.25) is 4.79 Å². The minimum atomic E-state index is -0.274. The zero-order chi connectivity index (χ0) is 13.1. The molecule has 2 atom stereocenters. The number of rotatable bonds is 4. The first-order valence-electron chi connectivity index (χ1n) is 6.47. The van der Waals surface area contributed by atoms with Crippen LogP contribution >= 0.6 is 0 Å². The summed E-state index contributed by atoms with van der Waals surface area (Å²) in [6.45, 7) is 10.3. The Kier molecular flexibility index (Phi) is 4.50. The molecule has 0 aliphatic heterocycles. The quantitative estimate of drug-likeness (QED) is 0.750. The molecule has 0 N–H and O–H groups in total. The number of carbonyl (C=O) groups is 1. The van der Waals surface area contributed by atoms with E-state index in [1.807, 2.05) is 39.0 Å². The summed E-state index contributed by atoms with van der Waals surface area (Å²) in [5.41, 5.74) is 0.881. The Morgan fingerprint density at radius 3 is 2.12 bits per heavy atom. The molecule has 0 spiro atoms. The normalized spacial score (nSPS) is 15.4. The summed E-state index contributed by atoms with van der Waals surface area (Å²) in [5.74, 6) is 0.767. The lowest BCUT2D eigenvalue weighted by Crippen LogP contribution is -2.30. The van der Waals surface area contributed by atoms with Crippen LogP contribution in [-0.2, 0) is 4.79 Å². The van der Waals surface area contributed by atoms with E-state index < -0.39 is 0 Å². The molecule has 1 nitrogen and oxygen atoms in total. The molecule has 2 unspecified atom stereocenters. The molecule has 1 aromatic rings. The van der Waals surface area contributed by atoms with Crippen molar-refractivity contribution >= 4 is 5.78 Å². The standard InChI is InChI=1S/C16H24O/c1-6-12(2)14(15(17)16(3,4)5)13-10-8-7-9-11-13/h7-12,14H,6H2,1-5H3. The van der Waals surface area contributed by atoms with Crippen LogP contribution in [0.25, 0.3) is 0 Å². The molecule has 0 heterocycles. The molecule has 0 fully saturated rings. The fourth-order valence-electron chi connectivity index (χ4n) is 2.10. The molecule has 17 heavy (non-hydrogen) atoms. The van der Waals surface area contributed by atoms with Gasteiger partial charge in [-0.1, -0.05) is 71.4 Å². The van der Waals surface area contributed by atoms with Gasteiger partial charge in [-0.25, -0.2) is 0 Å². The number of hydrogen-bond acceptors (Lipinski definition) is 1. The number of hydrogen-bond donors (Lipinski definition) is 0. The molecule has 0 aliphatic rings. The summed E-state index contributed by atoms with van der Waals surface area (Å²) in [5, 5.41) is 0. The lowest BCUT2D eigenvalue weighted by Gasteiger charge is -2.29. The Hall–Kier alpha value is -1.11. The average Bonchev–Trinajstić information content (AvgIpc) is 2.29. The lowest BCUT2D eigenvalue weighted by atomic mass is 9.74. The van der Waals surface area contributed by atoms with Crippen LogP contribution in [0.1, 0.15) is 52.5 Å². The van der Waals surface area contributed by atoms with E-state index in [0.717, 1.165) is 12.0 Å². The zero-order valence-electron chi connectivity index (χ0n) is 11.7. The molecule has 0 amide bonds. The van der Waals surface area contributed by atoms with E-state index >= 15 is 0 Å². The van der Waals surface area contributed by atoms with Crippen molar-refractivity contribution in [1.82, 2.24) is 0 Å². The van der Waals surface area contributed by atoms with Crippen molar-refractivity contribution in [2.75, 3.05) is 0 Å². The van der Waals surface area contributed by atoms with E-state index in [9.17, 15) is 4.79 Å². The van der Waals surface area contributed by atoms with Gasteiger partial charge in [0, 0.05) is 11.3 Å². The largest absolute Gasteiger partial charge is 0.298 e. The molecule has 0 saturated heterocycles. The fraction of sp³-hybridized carbons (Fsp3) is 0.562. The fourth-order valence-corrected chi connectivity index (χ4v) is 2.10. The molecule has 1 heteroatoms. The Morgan fingerprint density at radius 2 is 1.71 bits per heavy atom. The van der Waals surface area contributed by atoms with Crippen LogP contribution < -0.4 is 0 Å². The molecule has 94 valence electrons. The van der Waals surface area contributed by atoms with Gasteiger partial charge in [0.1, 0.15) is 5.78 Å². The first kappa shape index (κ1) is 14.0. The van der Waals surface area contributed by atoms with Crippen LogP contribution in [0.3, 0.4) is 0 Å². The second kappa shape index (κ2) is 5.48. The highest BCUT2D eigenvalue weighted by Gasteiger charge is 2.33. The smallest absolute Gasteiger partial charge is 0.145 e. The molecule has 0 aliphatic carbocycles. The minimum Gasteiger partial charge on any atom is -0.298 e. The van der Waals surface area contributed by atoms with Gasteiger partial charge in [0.05, 0.1) is 0 Å². The highest BCUT2D eigenvalue weighted by atomic mass is 16.1. The SMILES string of the molecule is CCC(C)C(C(=O)C(C)(C)C)c1ccccc1. The Morgan fingerprint density at radius 1 is 1.18 bits per heavy atom. The first-order chi connectivity index (χ1) is 7.88. The van der Waals surface area contributed by atoms with Crippen molar-refractivity contribution in [3.05, 3.63) is 35.9 Å². The number of Topliss-reactive ketones (excluding diaryl/α,β-unsaturated/α-hetero) is 1. The third-order valence-corrected chi connectivity index (χ3v) is 3.39. The Balaban J connectivity index is 3.10. The molecule has 0 radical (unpaired) electrons. The number of benzene rings is 1. The monoisotopic (exact) mass is 232 g/mol.